The lowest BCUT2D eigenvalue weighted by Crippen LogP contribution is -2.46. The minimum Gasteiger partial charge on any atom is -0.344 e. The molecule has 1 saturated heterocycles. The van der Waals surface area contributed by atoms with Crippen LogP contribution in [0.2, 0.25) is 0 Å². The van der Waals surface area contributed by atoms with Gasteiger partial charge in [0.1, 0.15) is 6.04 Å². The van der Waals surface area contributed by atoms with Crippen molar-refractivity contribution in [3.8, 4) is 0 Å². The molecule has 18 heavy (non-hydrogen) atoms. The highest BCUT2D eigenvalue weighted by Crippen LogP contribution is 2.16. The minimum atomic E-state index is -0.393. The first-order chi connectivity index (χ1) is 8.49. The Kier molecular flexibility index (Phi) is 5.66. The number of hydrogen-bond donors (Lipinski definition) is 1. The zero-order valence-electron chi connectivity index (χ0n) is 11.2. The molecular formula is C13H21ClN2O2. The number of rotatable bonds is 4. The van der Waals surface area contributed by atoms with Gasteiger partial charge >= 0.3 is 0 Å². The monoisotopic (exact) mass is 272 g/mol. The molecule has 0 aromatic rings. The Hall–Kier alpha value is -1.03. The van der Waals surface area contributed by atoms with Gasteiger partial charge in [-0.05, 0) is 25.8 Å². The Bertz CT molecular complexity index is 355. The number of hydrogen-bond acceptors (Lipinski definition) is 2. The maximum atomic E-state index is 12.4. The largest absolute Gasteiger partial charge is 0.344 e. The molecule has 0 aromatic carbocycles. The second-order valence-electron chi connectivity index (χ2n) is 4.88. The van der Waals surface area contributed by atoms with Crippen molar-refractivity contribution >= 4 is 23.4 Å². The van der Waals surface area contributed by atoms with Crippen LogP contribution in [0.3, 0.4) is 0 Å². The van der Waals surface area contributed by atoms with E-state index in [1.807, 2.05) is 20.8 Å². The Morgan fingerprint density at radius 3 is 2.78 bits per heavy atom. The predicted octanol–water partition coefficient (Wildman–Crippen LogP) is 2.03. The summed E-state index contributed by atoms with van der Waals surface area (Å²) in [6.07, 6.45) is 1.89. The van der Waals surface area contributed by atoms with Crippen LogP contribution in [0.1, 0.15) is 40.0 Å². The normalized spacial score (nSPS) is 26.0. The van der Waals surface area contributed by atoms with E-state index in [-0.39, 0.29) is 17.9 Å². The molecule has 1 heterocycles. The molecule has 0 saturated carbocycles. The molecule has 1 aliphatic rings. The summed E-state index contributed by atoms with van der Waals surface area (Å²) in [6, 6.07) is -0.485. The van der Waals surface area contributed by atoms with Gasteiger partial charge in [-0.3, -0.25) is 9.59 Å². The average Bonchev–Trinajstić information content (AvgIpc) is 2.41. The highest BCUT2D eigenvalue weighted by molar-refractivity contribution is 6.25. The van der Waals surface area contributed by atoms with E-state index in [1.54, 1.807) is 4.90 Å². The fraction of sp³-hybridized carbons (Fsp3) is 0.692. The highest BCUT2D eigenvalue weighted by atomic mass is 35.5. The van der Waals surface area contributed by atoms with Crippen LogP contribution in [0.15, 0.2) is 11.1 Å². The van der Waals surface area contributed by atoms with Gasteiger partial charge in [-0.15, -0.1) is 0 Å². The summed E-state index contributed by atoms with van der Waals surface area (Å²) in [5.41, 5.74) is 2.40. The van der Waals surface area contributed by atoms with Crippen molar-refractivity contribution in [2.24, 2.45) is 0 Å². The van der Waals surface area contributed by atoms with Crippen molar-refractivity contribution in [2.45, 2.75) is 52.1 Å². The first-order valence-electron chi connectivity index (χ1n) is 6.35. The van der Waals surface area contributed by atoms with E-state index in [9.17, 15) is 9.59 Å². The molecule has 2 amide bonds. The summed E-state index contributed by atoms with van der Waals surface area (Å²) in [4.78, 5) is 25.8. The van der Waals surface area contributed by atoms with E-state index >= 15 is 0 Å². The summed E-state index contributed by atoms with van der Waals surface area (Å²) in [7, 11) is 0. The number of carbonyl (C=O) groups is 2. The van der Waals surface area contributed by atoms with Gasteiger partial charge in [0.25, 0.3) is 0 Å². The lowest BCUT2D eigenvalue weighted by atomic mass is 10.1. The molecule has 0 aliphatic carbocycles. The van der Waals surface area contributed by atoms with E-state index in [2.05, 4.69) is 5.32 Å². The van der Waals surface area contributed by atoms with Crippen LogP contribution in [-0.2, 0) is 9.59 Å². The number of carbonyl (C=O) groups excluding carboxylic acids is 2. The van der Waals surface area contributed by atoms with E-state index in [1.165, 1.54) is 5.54 Å². The summed E-state index contributed by atoms with van der Waals surface area (Å²) in [5, 5.41) is 2.80. The molecule has 2 atom stereocenters. The predicted molar refractivity (Wildman–Crippen MR) is 72.2 cm³/mol. The van der Waals surface area contributed by atoms with E-state index in [4.69, 9.17) is 11.6 Å². The molecule has 102 valence electrons. The fourth-order valence-corrected chi connectivity index (χ4v) is 2.20. The molecule has 4 nitrogen and oxygen atoms in total. The third-order valence-corrected chi connectivity index (χ3v) is 3.49. The number of nitrogens with one attached hydrogen (secondary N) is 1. The molecule has 1 N–H and O–H groups in total. The van der Waals surface area contributed by atoms with Gasteiger partial charge in [0.2, 0.25) is 11.8 Å². The first-order valence-corrected chi connectivity index (χ1v) is 6.79. The standard InChI is InChI=1S/C13H21ClN2O2/c1-4-5-11-13(18)16(8-9(2)7-14)10(3)6-12(17)15-11/h7,10-11H,4-6,8H2,1-3H3,(H,15,17). The fourth-order valence-electron chi connectivity index (χ4n) is 2.13. The second-order valence-corrected chi connectivity index (χ2v) is 5.10. The van der Waals surface area contributed by atoms with Gasteiger partial charge in [-0.2, -0.15) is 0 Å². The van der Waals surface area contributed by atoms with Crippen LogP contribution in [0.4, 0.5) is 0 Å². The second kappa shape index (κ2) is 6.78. The molecule has 1 fully saturated rings. The molecule has 1 rings (SSSR count). The lowest BCUT2D eigenvalue weighted by molar-refractivity contribution is -0.134. The van der Waals surface area contributed by atoms with Crippen LogP contribution in [-0.4, -0.2) is 35.3 Å². The Morgan fingerprint density at radius 2 is 2.22 bits per heavy atom. The zero-order chi connectivity index (χ0) is 13.7. The summed E-state index contributed by atoms with van der Waals surface area (Å²) < 4.78 is 0. The quantitative estimate of drug-likeness (QED) is 0.851. The summed E-state index contributed by atoms with van der Waals surface area (Å²) in [6.45, 7) is 6.26. The Labute approximate surface area is 113 Å². The van der Waals surface area contributed by atoms with Crippen molar-refractivity contribution < 1.29 is 9.59 Å². The van der Waals surface area contributed by atoms with Crippen LogP contribution in [0.5, 0.6) is 0 Å². The minimum absolute atomic E-state index is 0.00642. The van der Waals surface area contributed by atoms with Gasteiger partial charge in [-0.1, -0.05) is 24.9 Å². The number of nitrogens with zero attached hydrogens (tertiary/aromatic N) is 1. The van der Waals surface area contributed by atoms with Crippen LogP contribution in [0, 0.1) is 0 Å². The molecule has 0 radical (unpaired) electrons. The van der Waals surface area contributed by atoms with Crippen LogP contribution < -0.4 is 5.32 Å². The highest BCUT2D eigenvalue weighted by Gasteiger charge is 2.33. The lowest BCUT2D eigenvalue weighted by Gasteiger charge is -2.28. The topological polar surface area (TPSA) is 49.4 Å². The Morgan fingerprint density at radius 1 is 1.56 bits per heavy atom. The molecule has 0 bridgehead atoms. The summed E-state index contributed by atoms with van der Waals surface area (Å²) >= 11 is 5.65. The average molecular weight is 273 g/mol. The van der Waals surface area contributed by atoms with Gasteiger partial charge in [0.05, 0.1) is 0 Å². The Balaban J connectivity index is 2.90. The van der Waals surface area contributed by atoms with E-state index < -0.39 is 6.04 Å². The molecular weight excluding hydrogens is 252 g/mol. The van der Waals surface area contributed by atoms with Gasteiger partial charge in [-0.25, -0.2) is 0 Å². The van der Waals surface area contributed by atoms with Crippen molar-refractivity contribution in [3.63, 3.8) is 0 Å². The first kappa shape index (κ1) is 15.0. The zero-order valence-corrected chi connectivity index (χ0v) is 12.0. The van der Waals surface area contributed by atoms with Crippen molar-refractivity contribution in [1.29, 1.82) is 0 Å². The van der Waals surface area contributed by atoms with Crippen molar-refractivity contribution in [1.82, 2.24) is 10.2 Å². The van der Waals surface area contributed by atoms with Crippen molar-refractivity contribution in [3.05, 3.63) is 11.1 Å². The maximum absolute atomic E-state index is 12.4. The van der Waals surface area contributed by atoms with E-state index in [0.717, 1.165) is 12.0 Å². The molecule has 2 unspecified atom stereocenters. The number of amides is 2. The van der Waals surface area contributed by atoms with E-state index in [0.29, 0.717) is 19.4 Å². The van der Waals surface area contributed by atoms with Gasteiger partial charge in [0.15, 0.2) is 0 Å². The van der Waals surface area contributed by atoms with Gasteiger partial charge in [0, 0.05) is 24.5 Å². The summed E-state index contributed by atoms with van der Waals surface area (Å²) in [5.74, 6) is -0.0580. The molecule has 0 spiro atoms. The molecule has 1 aliphatic heterocycles. The molecule has 5 heteroatoms. The van der Waals surface area contributed by atoms with Gasteiger partial charge < -0.3 is 10.2 Å². The third-order valence-electron chi connectivity index (χ3n) is 3.11. The molecule has 0 aromatic heterocycles. The third kappa shape index (κ3) is 3.73. The maximum Gasteiger partial charge on any atom is 0.245 e. The smallest absolute Gasteiger partial charge is 0.245 e. The van der Waals surface area contributed by atoms with Crippen LogP contribution >= 0.6 is 11.6 Å². The number of halogens is 1. The SMILES string of the molecule is CCCC1NC(=O)CC(C)N(CC(C)=CCl)C1=O. The van der Waals surface area contributed by atoms with Crippen LogP contribution in [0.25, 0.3) is 0 Å². The van der Waals surface area contributed by atoms with Crippen molar-refractivity contribution in [2.75, 3.05) is 6.54 Å².